The van der Waals surface area contributed by atoms with Crippen LogP contribution in [0.4, 0.5) is 0 Å². The summed E-state index contributed by atoms with van der Waals surface area (Å²) in [6.45, 7) is 4.83. The summed E-state index contributed by atoms with van der Waals surface area (Å²) in [5.41, 5.74) is 0. The van der Waals surface area contributed by atoms with Crippen molar-refractivity contribution in [2.24, 2.45) is 0 Å². The lowest BCUT2D eigenvalue weighted by Gasteiger charge is -2.23. The quantitative estimate of drug-likeness (QED) is 0.651. The summed E-state index contributed by atoms with van der Waals surface area (Å²) in [6, 6.07) is 0. The van der Waals surface area contributed by atoms with Crippen LogP contribution >= 0.6 is 0 Å². The molecule has 1 atom stereocenters. The molecule has 0 aliphatic rings. The number of methoxy groups -OCH3 is 1. The maximum Gasteiger partial charge on any atom is 0.219 e. The molecule has 0 fully saturated rings. The number of carbonyl (C=O) groups is 1. The minimum Gasteiger partial charge on any atom is -0.389 e. The molecule has 0 aliphatic carbocycles. The van der Waals surface area contributed by atoms with Gasteiger partial charge in [-0.05, 0) is 6.42 Å². The highest BCUT2D eigenvalue weighted by atomic mass is 16.5. The number of nitrogens with zero attached hydrogens (tertiary/aromatic N) is 1. The summed E-state index contributed by atoms with van der Waals surface area (Å²) in [4.78, 5) is 12.7. The van der Waals surface area contributed by atoms with Gasteiger partial charge in [0.1, 0.15) is 0 Å². The van der Waals surface area contributed by atoms with Crippen LogP contribution in [0, 0.1) is 0 Å². The topological polar surface area (TPSA) is 49.8 Å². The van der Waals surface area contributed by atoms with E-state index in [0.29, 0.717) is 13.1 Å². The van der Waals surface area contributed by atoms with Crippen LogP contribution in [0.1, 0.15) is 20.3 Å². The Balaban J connectivity index is 3.86. The molecule has 0 radical (unpaired) electrons. The van der Waals surface area contributed by atoms with Crippen LogP contribution in [0.2, 0.25) is 0 Å². The highest BCUT2D eigenvalue weighted by Gasteiger charge is 2.12. The van der Waals surface area contributed by atoms with E-state index in [1.54, 1.807) is 4.90 Å². The van der Waals surface area contributed by atoms with E-state index in [-0.39, 0.29) is 12.5 Å². The second kappa shape index (κ2) is 6.86. The average Bonchev–Trinajstić information content (AvgIpc) is 2.04. The lowest BCUT2D eigenvalue weighted by atomic mass is 10.3. The summed E-state index contributed by atoms with van der Waals surface area (Å²) in [5, 5.41) is 9.38. The maximum atomic E-state index is 11.0. The minimum absolute atomic E-state index is 0.00277. The molecule has 4 nitrogen and oxygen atoms in total. The first-order valence-corrected chi connectivity index (χ1v) is 4.54. The third-order valence-electron chi connectivity index (χ3n) is 1.73. The summed E-state index contributed by atoms with van der Waals surface area (Å²) in [7, 11) is 1.53. The zero-order chi connectivity index (χ0) is 10.3. The second-order valence-corrected chi connectivity index (χ2v) is 3.07. The lowest BCUT2D eigenvalue weighted by molar-refractivity contribution is -0.130. The van der Waals surface area contributed by atoms with Gasteiger partial charge in [-0.3, -0.25) is 4.79 Å². The Labute approximate surface area is 79.5 Å². The van der Waals surface area contributed by atoms with Crippen LogP contribution in [-0.2, 0) is 9.53 Å². The molecule has 0 spiro atoms. The van der Waals surface area contributed by atoms with Crippen molar-refractivity contribution in [1.29, 1.82) is 0 Å². The van der Waals surface area contributed by atoms with Gasteiger partial charge < -0.3 is 14.7 Å². The van der Waals surface area contributed by atoms with Crippen molar-refractivity contribution in [3.05, 3.63) is 0 Å². The van der Waals surface area contributed by atoms with Crippen molar-refractivity contribution in [1.82, 2.24) is 4.90 Å². The molecule has 4 heteroatoms. The number of hydrogen-bond donors (Lipinski definition) is 1. The van der Waals surface area contributed by atoms with Crippen molar-refractivity contribution in [3.63, 3.8) is 0 Å². The third kappa shape index (κ3) is 5.60. The lowest BCUT2D eigenvalue weighted by Crippen LogP contribution is -2.38. The Hall–Kier alpha value is -0.610. The number of aliphatic hydroxyl groups is 1. The molecular formula is C9H19NO3. The van der Waals surface area contributed by atoms with Gasteiger partial charge in [0, 0.05) is 27.1 Å². The van der Waals surface area contributed by atoms with Crippen molar-refractivity contribution < 1.29 is 14.6 Å². The smallest absolute Gasteiger partial charge is 0.219 e. The Morgan fingerprint density at radius 3 is 2.62 bits per heavy atom. The van der Waals surface area contributed by atoms with Crippen LogP contribution in [0.15, 0.2) is 0 Å². The SMILES string of the molecule is CCCN(CC(O)COC)C(C)=O. The van der Waals surface area contributed by atoms with Crippen LogP contribution in [0.3, 0.4) is 0 Å². The Kier molecular flexibility index (Phi) is 6.54. The summed E-state index contributed by atoms with van der Waals surface area (Å²) in [6.07, 6.45) is 0.319. The van der Waals surface area contributed by atoms with Crippen molar-refractivity contribution in [2.45, 2.75) is 26.4 Å². The number of aliphatic hydroxyl groups excluding tert-OH is 1. The molecule has 0 aliphatic heterocycles. The molecule has 0 rings (SSSR count). The normalized spacial score (nSPS) is 12.6. The second-order valence-electron chi connectivity index (χ2n) is 3.07. The van der Waals surface area contributed by atoms with Gasteiger partial charge in [0.05, 0.1) is 12.7 Å². The van der Waals surface area contributed by atoms with Gasteiger partial charge in [-0.25, -0.2) is 0 Å². The highest BCUT2D eigenvalue weighted by molar-refractivity contribution is 5.73. The van der Waals surface area contributed by atoms with E-state index in [2.05, 4.69) is 0 Å². The van der Waals surface area contributed by atoms with Crippen LogP contribution in [0.25, 0.3) is 0 Å². The first-order chi connectivity index (χ1) is 6.11. The first-order valence-electron chi connectivity index (χ1n) is 4.54. The van der Waals surface area contributed by atoms with E-state index in [9.17, 15) is 9.90 Å². The van der Waals surface area contributed by atoms with Gasteiger partial charge in [-0.15, -0.1) is 0 Å². The van der Waals surface area contributed by atoms with E-state index in [1.807, 2.05) is 6.92 Å². The molecule has 1 amide bonds. The third-order valence-corrected chi connectivity index (χ3v) is 1.73. The number of carbonyl (C=O) groups excluding carboxylic acids is 1. The number of rotatable bonds is 6. The Morgan fingerprint density at radius 2 is 2.23 bits per heavy atom. The van der Waals surface area contributed by atoms with E-state index in [0.717, 1.165) is 6.42 Å². The van der Waals surface area contributed by atoms with Gasteiger partial charge in [0.15, 0.2) is 0 Å². The minimum atomic E-state index is -0.583. The van der Waals surface area contributed by atoms with Gasteiger partial charge in [0.2, 0.25) is 5.91 Å². The van der Waals surface area contributed by atoms with E-state index in [1.165, 1.54) is 14.0 Å². The van der Waals surface area contributed by atoms with Gasteiger partial charge in [0.25, 0.3) is 0 Å². The monoisotopic (exact) mass is 189 g/mol. The Bertz CT molecular complexity index is 150. The van der Waals surface area contributed by atoms with Crippen molar-refractivity contribution in [3.8, 4) is 0 Å². The number of amides is 1. The number of ether oxygens (including phenoxy) is 1. The predicted octanol–water partition coefficient (Wildman–Crippen LogP) is 0.252. The summed E-state index contributed by atoms with van der Waals surface area (Å²) < 4.78 is 4.77. The molecule has 0 aromatic carbocycles. The molecule has 1 N–H and O–H groups in total. The van der Waals surface area contributed by atoms with E-state index >= 15 is 0 Å². The van der Waals surface area contributed by atoms with Gasteiger partial charge in [-0.1, -0.05) is 6.92 Å². The highest BCUT2D eigenvalue weighted by Crippen LogP contribution is 1.96. The fourth-order valence-electron chi connectivity index (χ4n) is 1.15. The van der Waals surface area contributed by atoms with Crippen LogP contribution in [0.5, 0.6) is 0 Å². The first kappa shape index (κ1) is 12.4. The van der Waals surface area contributed by atoms with Crippen molar-refractivity contribution in [2.75, 3.05) is 26.8 Å². The zero-order valence-corrected chi connectivity index (χ0v) is 8.62. The molecule has 0 saturated carbocycles. The molecule has 0 aromatic rings. The predicted molar refractivity (Wildman–Crippen MR) is 50.4 cm³/mol. The van der Waals surface area contributed by atoms with Gasteiger partial charge >= 0.3 is 0 Å². The number of hydrogen-bond acceptors (Lipinski definition) is 3. The maximum absolute atomic E-state index is 11.0. The average molecular weight is 189 g/mol. The van der Waals surface area contributed by atoms with Crippen molar-refractivity contribution >= 4 is 5.91 Å². The largest absolute Gasteiger partial charge is 0.389 e. The molecule has 0 bridgehead atoms. The van der Waals surface area contributed by atoms with Crippen LogP contribution in [-0.4, -0.2) is 48.8 Å². The summed E-state index contributed by atoms with van der Waals surface area (Å²) >= 11 is 0. The molecule has 1 unspecified atom stereocenters. The molecule has 0 saturated heterocycles. The fraction of sp³-hybridized carbons (Fsp3) is 0.889. The molecule has 78 valence electrons. The molecule has 13 heavy (non-hydrogen) atoms. The molecule has 0 heterocycles. The van der Waals surface area contributed by atoms with Crippen LogP contribution < -0.4 is 0 Å². The summed E-state index contributed by atoms with van der Waals surface area (Å²) in [5.74, 6) is -0.00277. The van der Waals surface area contributed by atoms with E-state index in [4.69, 9.17) is 4.74 Å². The molecule has 0 aromatic heterocycles. The zero-order valence-electron chi connectivity index (χ0n) is 8.62. The fourth-order valence-corrected chi connectivity index (χ4v) is 1.15. The molecular weight excluding hydrogens is 170 g/mol. The van der Waals surface area contributed by atoms with Gasteiger partial charge in [-0.2, -0.15) is 0 Å². The standard InChI is InChI=1S/C9H19NO3/c1-4-5-10(8(2)11)6-9(12)7-13-3/h9,12H,4-7H2,1-3H3. The van der Waals surface area contributed by atoms with E-state index < -0.39 is 6.10 Å². The Morgan fingerprint density at radius 1 is 1.62 bits per heavy atom.